The van der Waals surface area contributed by atoms with E-state index in [0.29, 0.717) is 23.8 Å². The Morgan fingerprint density at radius 1 is 1.75 bits per heavy atom. The zero-order valence-corrected chi connectivity index (χ0v) is 9.27. The first-order valence-electron chi connectivity index (χ1n) is 5.31. The Morgan fingerprint density at radius 2 is 2.56 bits per heavy atom. The second-order valence-corrected chi connectivity index (χ2v) is 3.85. The van der Waals surface area contributed by atoms with E-state index in [1.165, 1.54) is 0 Å². The molecule has 1 fully saturated rings. The van der Waals surface area contributed by atoms with Gasteiger partial charge in [-0.05, 0) is 12.8 Å². The number of nitrogens with two attached hydrogens (primary N) is 1. The quantitative estimate of drug-likeness (QED) is 0.830. The number of aromatic nitrogens is 1. The highest BCUT2D eigenvalue weighted by molar-refractivity contribution is 5.55. The summed E-state index contributed by atoms with van der Waals surface area (Å²) in [5, 5.41) is 9.00. The minimum atomic E-state index is 0.160. The number of hydrogen-bond donors (Lipinski definition) is 1. The Hall–Kier alpha value is -1.67. The zero-order valence-electron chi connectivity index (χ0n) is 9.27. The smallest absolute Gasteiger partial charge is 0.218 e. The summed E-state index contributed by atoms with van der Waals surface area (Å²) < 4.78 is 12.5. The normalized spacial score (nSPS) is 19.6. The van der Waals surface area contributed by atoms with Crippen LogP contribution in [0.5, 0.6) is 5.88 Å². The van der Waals surface area contributed by atoms with Crippen molar-refractivity contribution in [1.29, 1.82) is 5.26 Å². The van der Waals surface area contributed by atoms with E-state index in [4.69, 9.17) is 20.5 Å². The van der Waals surface area contributed by atoms with Crippen LogP contribution in [0.4, 0.5) is 5.69 Å². The van der Waals surface area contributed by atoms with E-state index >= 15 is 0 Å². The summed E-state index contributed by atoms with van der Waals surface area (Å²) in [6, 6.07) is 3.75. The van der Waals surface area contributed by atoms with Gasteiger partial charge < -0.3 is 15.2 Å². The molecule has 1 aromatic rings. The van der Waals surface area contributed by atoms with Crippen LogP contribution in [0.1, 0.15) is 18.5 Å². The van der Waals surface area contributed by atoms with Gasteiger partial charge >= 0.3 is 0 Å². The minimum absolute atomic E-state index is 0.160. The predicted octanol–water partition coefficient (Wildman–Crippen LogP) is 1.13. The third-order valence-corrected chi connectivity index (χ3v) is 2.79. The van der Waals surface area contributed by atoms with E-state index in [9.17, 15) is 0 Å². The molecule has 5 nitrogen and oxygen atoms in total. The zero-order chi connectivity index (χ0) is 11.5. The first-order valence-corrected chi connectivity index (χ1v) is 5.31. The van der Waals surface area contributed by atoms with E-state index in [1.54, 1.807) is 17.7 Å². The molecule has 0 aliphatic carbocycles. The number of rotatable bonds is 3. The van der Waals surface area contributed by atoms with Crippen molar-refractivity contribution in [1.82, 2.24) is 4.57 Å². The molecule has 0 bridgehead atoms. The van der Waals surface area contributed by atoms with E-state index in [0.717, 1.165) is 19.4 Å². The molecular weight excluding hydrogens is 206 g/mol. The summed E-state index contributed by atoms with van der Waals surface area (Å²) in [7, 11) is 1.55. The largest absolute Gasteiger partial charge is 0.481 e. The van der Waals surface area contributed by atoms with Gasteiger partial charge in [-0.25, -0.2) is 0 Å². The standard InChI is InChI=1S/C11H15N3O2/c1-15-11-10(13)5-8(6-12)14(11)7-9-3-2-4-16-9/h5,9H,2-4,7,13H2,1H3/t9-/m0/s1. The van der Waals surface area contributed by atoms with Crippen molar-refractivity contribution in [3.63, 3.8) is 0 Å². The topological polar surface area (TPSA) is 73.2 Å². The number of hydrogen-bond acceptors (Lipinski definition) is 4. The van der Waals surface area contributed by atoms with Crippen LogP contribution < -0.4 is 10.5 Å². The number of nitrogens with zero attached hydrogens (tertiary/aromatic N) is 2. The Morgan fingerprint density at radius 3 is 3.12 bits per heavy atom. The molecule has 1 saturated heterocycles. The molecule has 0 amide bonds. The molecule has 0 aromatic carbocycles. The number of anilines is 1. The van der Waals surface area contributed by atoms with Crippen molar-refractivity contribution in [2.75, 3.05) is 19.5 Å². The second kappa shape index (κ2) is 4.45. The molecule has 1 atom stereocenters. The maximum atomic E-state index is 9.00. The molecule has 0 unspecified atom stereocenters. The minimum Gasteiger partial charge on any atom is -0.481 e. The van der Waals surface area contributed by atoms with Crippen LogP contribution in [0, 0.1) is 11.3 Å². The Kier molecular flexibility index (Phi) is 3.02. The first-order chi connectivity index (χ1) is 7.76. The van der Waals surface area contributed by atoms with Crippen LogP contribution in [-0.4, -0.2) is 24.4 Å². The van der Waals surface area contributed by atoms with Crippen molar-refractivity contribution < 1.29 is 9.47 Å². The van der Waals surface area contributed by atoms with E-state index < -0.39 is 0 Å². The lowest BCUT2D eigenvalue weighted by atomic mass is 10.2. The Balaban J connectivity index is 2.26. The molecule has 2 heterocycles. The molecule has 2 N–H and O–H groups in total. The van der Waals surface area contributed by atoms with Crippen molar-refractivity contribution >= 4 is 5.69 Å². The van der Waals surface area contributed by atoms with Crippen LogP contribution in [0.3, 0.4) is 0 Å². The van der Waals surface area contributed by atoms with Gasteiger partial charge in [-0.3, -0.25) is 4.57 Å². The van der Waals surface area contributed by atoms with Crippen molar-refractivity contribution in [2.24, 2.45) is 0 Å². The number of ether oxygens (including phenoxy) is 2. The molecule has 0 spiro atoms. The van der Waals surface area contributed by atoms with Crippen LogP contribution in [0.2, 0.25) is 0 Å². The van der Waals surface area contributed by atoms with Gasteiger partial charge in [-0.15, -0.1) is 0 Å². The fraction of sp³-hybridized carbons (Fsp3) is 0.545. The van der Waals surface area contributed by atoms with Crippen molar-refractivity contribution in [3.8, 4) is 11.9 Å². The molecule has 1 aliphatic heterocycles. The summed E-state index contributed by atoms with van der Waals surface area (Å²) in [5.74, 6) is 0.548. The lowest BCUT2D eigenvalue weighted by molar-refractivity contribution is 0.0948. The van der Waals surface area contributed by atoms with Gasteiger partial charge in [-0.2, -0.15) is 5.26 Å². The van der Waals surface area contributed by atoms with Gasteiger partial charge in [0.2, 0.25) is 5.88 Å². The molecule has 2 rings (SSSR count). The van der Waals surface area contributed by atoms with Gasteiger partial charge in [-0.1, -0.05) is 0 Å². The van der Waals surface area contributed by atoms with Gasteiger partial charge in [0.25, 0.3) is 0 Å². The third-order valence-electron chi connectivity index (χ3n) is 2.79. The summed E-state index contributed by atoms with van der Waals surface area (Å²) >= 11 is 0. The summed E-state index contributed by atoms with van der Waals surface area (Å²) in [4.78, 5) is 0. The van der Waals surface area contributed by atoms with Crippen molar-refractivity contribution in [2.45, 2.75) is 25.5 Å². The number of nitriles is 1. The van der Waals surface area contributed by atoms with Crippen LogP contribution in [0.25, 0.3) is 0 Å². The SMILES string of the molecule is COc1c(N)cc(C#N)n1C[C@@H]1CCCO1. The highest BCUT2D eigenvalue weighted by Gasteiger charge is 2.21. The third kappa shape index (κ3) is 1.84. The van der Waals surface area contributed by atoms with Gasteiger partial charge in [0.15, 0.2) is 0 Å². The summed E-state index contributed by atoms with van der Waals surface area (Å²) in [5.41, 5.74) is 6.78. The molecule has 86 valence electrons. The van der Waals surface area contributed by atoms with Gasteiger partial charge in [0, 0.05) is 12.7 Å². The van der Waals surface area contributed by atoms with E-state index in [-0.39, 0.29) is 6.10 Å². The molecular formula is C11H15N3O2. The number of nitrogen functional groups attached to an aromatic ring is 1. The molecule has 16 heavy (non-hydrogen) atoms. The molecule has 1 aromatic heterocycles. The first kappa shape index (κ1) is 10.8. The maximum absolute atomic E-state index is 9.00. The molecule has 0 saturated carbocycles. The summed E-state index contributed by atoms with van der Waals surface area (Å²) in [6.45, 7) is 1.43. The van der Waals surface area contributed by atoms with Gasteiger partial charge in [0.1, 0.15) is 11.8 Å². The predicted molar refractivity (Wildman–Crippen MR) is 59.1 cm³/mol. The van der Waals surface area contributed by atoms with Crippen LogP contribution in [0.15, 0.2) is 6.07 Å². The Bertz CT molecular complexity index is 414. The monoisotopic (exact) mass is 221 g/mol. The molecule has 1 aliphatic rings. The maximum Gasteiger partial charge on any atom is 0.218 e. The van der Waals surface area contributed by atoms with E-state index in [1.807, 2.05) is 0 Å². The Labute approximate surface area is 94.4 Å². The lowest BCUT2D eigenvalue weighted by Crippen LogP contribution is -2.16. The highest BCUT2D eigenvalue weighted by Crippen LogP contribution is 2.28. The highest BCUT2D eigenvalue weighted by atomic mass is 16.5. The average molecular weight is 221 g/mol. The lowest BCUT2D eigenvalue weighted by Gasteiger charge is -2.14. The average Bonchev–Trinajstić information content (AvgIpc) is 2.87. The number of methoxy groups -OCH3 is 1. The fourth-order valence-corrected chi connectivity index (χ4v) is 2.05. The summed E-state index contributed by atoms with van der Waals surface area (Å²) in [6.07, 6.45) is 2.25. The van der Waals surface area contributed by atoms with E-state index in [2.05, 4.69) is 6.07 Å². The molecule has 5 heteroatoms. The second-order valence-electron chi connectivity index (χ2n) is 3.85. The fourth-order valence-electron chi connectivity index (χ4n) is 2.05. The van der Waals surface area contributed by atoms with Crippen LogP contribution >= 0.6 is 0 Å². The van der Waals surface area contributed by atoms with Crippen molar-refractivity contribution in [3.05, 3.63) is 11.8 Å². The molecule has 0 radical (unpaired) electrons. The van der Waals surface area contributed by atoms with Gasteiger partial charge in [0.05, 0.1) is 25.4 Å². The van der Waals surface area contributed by atoms with Crippen LogP contribution in [-0.2, 0) is 11.3 Å².